The van der Waals surface area contributed by atoms with Gasteiger partial charge >= 0.3 is 5.97 Å². The van der Waals surface area contributed by atoms with Gasteiger partial charge in [0.2, 0.25) is 0 Å². The molecule has 1 aliphatic heterocycles. The van der Waals surface area contributed by atoms with Crippen LogP contribution in [0.15, 0.2) is 23.2 Å². The van der Waals surface area contributed by atoms with Crippen molar-refractivity contribution in [1.82, 2.24) is 15.5 Å². The number of likely N-dealkylation sites (tertiary alicyclic amines) is 1. The minimum absolute atomic E-state index is 0. The Morgan fingerprint density at radius 1 is 1.19 bits per heavy atom. The molecule has 1 aliphatic rings. The molecule has 8 nitrogen and oxygen atoms in total. The predicted octanol–water partition coefficient (Wildman–Crippen LogP) is 2.79. The third kappa shape index (κ3) is 9.94. The van der Waals surface area contributed by atoms with E-state index in [0.717, 1.165) is 49.7 Å². The van der Waals surface area contributed by atoms with Crippen molar-refractivity contribution in [2.75, 3.05) is 40.4 Å². The van der Waals surface area contributed by atoms with Crippen molar-refractivity contribution in [3.8, 4) is 11.5 Å². The number of rotatable bonds is 8. The maximum Gasteiger partial charge on any atom is 0.328 e. The summed E-state index contributed by atoms with van der Waals surface area (Å²) in [4.78, 5) is 18.7. The molecule has 1 atom stereocenters. The largest absolute Gasteiger partial charge is 0.497 e. The smallest absolute Gasteiger partial charge is 0.328 e. The molecule has 2 rings (SSSR count). The molecule has 2 N–H and O–H groups in total. The number of hydrogen-bond acceptors (Lipinski definition) is 6. The second kappa shape index (κ2) is 12.9. The van der Waals surface area contributed by atoms with Crippen molar-refractivity contribution in [3.63, 3.8) is 0 Å². The van der Waals surface area contributed by atoms with Crippen LogP contribution >= 0.6 is 24.0 Å². The quantitative estimate of drug-likeness (QED) is 0.224. The molecule has 0 bridgehead atoms. The summed E-state index contributed by atoms with van der Waals surface area (Å²) in [6.07, 6.45) is 0.998. The summed E-state index contributed by atoms with van der Waals surface area (Å²) in [5.74, 6) is 1.89. The molecule has 1 aromatic rings. The number of halogens is 1. The Morgan fingerprint density at radius 3 is 2.39 bits per heavy atom. The standard InChI is InChI=1S/C22H36N4O4.HI/c1-7-23-21(24-13-20(27)30-22(2,3)4)25-17-8-9-26(15-17)14-16-10-18(28-5)12-19(11-16)29-6;/h10-12,17H,7-9,13-15H2,1-6H3,(H2,23,24,25);1H. The third-order valence-corrected chi connectivity index (χ3v) is 4.56. The lowest BCUT2D eigenvalue weighted by Gasteiger charge is -2.20. The number of methoxy groups -OCH3 is 2. The van der Waals surface area contributed by atoms with Crippen LogP contribution in [0.3, 0.4) is 0 Å². The van der Waals surface area contributed by atoms with Gasteiger partial charge in [0.1, 0.15) is 23.6 Å². The van der Waals surface area contributed by atoms with E-state index in [1.807, 2.05) is 45.9 Å². The topological polar surface area (TPSA) is 84.4 Å². The van der Waals surface area contributed by atoms with Crippen molar-refractivity contribution < 1.29 is 19.0 Å². The van der Waals surface area contributed by atoms with Crippen molar-refractivity contribution in [2.24, 2.45) is 4.99 Å². The van der Waals surface area contributed by atoms with E-state index in [-0.39, 0.29) is 42.5 Å². The number of nitrogens with zero attached hydrogens (tertiary/aromatic N) is 2. The van der Waals surface area contributed by atoms with E-state index >= 15 is 0 Å². The fourth-order valence-corrected chi connectivity index (χ4v) is 3.34. The summed E-state index contributed by atoms with van der Waals surface area (Å²) in [5.41, 5.74) is 0.644. The first-order valence-electron chi connectivity index (χ1n) is 10.4. The van der Waals surface area contributed by atoms with Crippen molar-refractivity contribution in [2.45, 2.75) is 52.3 Å². The Labute approximate surface area is 203 Å². The fraction of sp³-hybridized carbons (Fsp3) is 0.636. The number of ether oxygens (including phenoxy) is 3. The minimum atomic E-state index is -0.507. The highest BCUT2D eigenvalue weighted by molar-refractivity contribution is 14.0. The molecule has 0 amide bonds. The first-order chi connectivity index (χ1) is 14.2. The molecule has 1 unspecified atom stereocenters. The second-order valence-corrected chi connectivity index (χ2v) is 8.37. The van der Waals surface area contributed by atoms with Gasteiger partial charge in [-0.25, -0.2) is 4.99 Å². The number of nitrogens with one attached hydrogen (secondary N) is 2. The molecule has 0 saturated carbocycles. The Kier molecular flexibility index (Phi) is 11.4. The highest BCUT2D eigenvalue weighted by Gasteiger charge is 2.24. The second-order valence-electron chi connectivity index (χ2n) is 8.37. The van der Waals surface area contributed by atoms with Crippen molar-refractivity contribution in [1.29, 1.82) is 0 Å². The summed E-state index contributed by atoms with van der Waals surface area (Å²) in [6, 6.07) is 6.21. The van der Waals surface area contributed by atoms with E-state index in [0.29, 0.717) is 5.96 Å². The molecule has 9 heteroatoms. The van der Waals surface area contributed by atoms with E-state index in [4.69, 9.17) is 14.2 Å². The van der Waals surface area contributed by atoms with Gasteiger partial charge in [-0.1, -0.05) is 0 Å². The van der Waals surface area contributed by atoms with Crippen LogP contribution in [0, 0.1) is 0 Å². The van der Waals surface area contributed by atoms with E-state index in [1.54, 1.807) is 14.2 Å². The van der Waals surface area contributed by atoms with Gasteiger partial charge in [-0.15, -0.1) is 24.0 Å². The lowest BCUT2D eigenvalue weighted by Crippen LogP contribution is -2.45. The van der Waals surface area contributed by atoms with Gasteiger partial charge in [-0.05, 0) is 51.8 Å². The van der Waals surface area contributed by atoms with E-state index in [9.17, 15) is 4.79 Å². The van der Waals surface area contributed by atoms with Crippen molar-refractivity contribution in [3.05, 3.63) is 23.8 Å². The normalized spacial score (nSPS) is 17.0. The molecule has 1 aromatic carbocycles. The van der Waals surface area contributed by atoms with E-state index < -0.39 is 5.60 Å². The molecule has 31 heavy (non-hydrogen) atoms. The first-order valence-corrected chi connectivity index (χ1v) is 10.4. The molecule has 1 heterocycles. The SMILES string of the molecule is CCNC(=NCC(=O)OC(C)(C)C)NC1CCN(Cc2cc(OC)cc(OC)c2)C1.I. The Hall–Kier alpha value is -1.75. The zero-order chi connectivity index (χ0) is 22.1. The Bertz CT molecular complexity index is 714. The van der Waals surface area contributed by atoms with Gasteiger partial charge in [0.25, 0.3) is 0 Å². The fourth-order valence-electron chi connectivity index (χ4n) is 3.34. The summed E-state index contributed by atoms with van der Waals surface area (Å²) >= 11 is 0. The highest BCUT2D eigenvalue weighted by Crippen LogP contribution is 2.24. The summed E-state index contributed by atoms with van der Waals surface area (Å²) in [7, 11) is 3.32. The first kappa shape index (κ1) is 27.3. The van der Waals surface area contributed by atoms with Gasteiger partial charge in [-0.3, -0.25) is 9.69 Å². The molecule has 0 radical (unpaired) electrons. The van der Waals surface area contributed by atoms with Crippen molar-refractivity contribution >= 4 is 35.9 Å². The molecule has 0 aliphatic carbocycles. The molecule has 176 valence electrons. The maximum absolute atomic E-state index is 12.0. The van der Waals surface area contributed by atoms with Crippen LogP contribution in [0.1, 0.15) is 39.7 Å². The van der Waals surface area contributed by atoms with E-state index in [1.165, 1.54) is 0 Å². The lowest BCUT2D eigenvalue weighted by atomic mass is 10.2. The molecule has 1 fully saturated rings. The van der Waals surface area contributed by atoms with Gasteiger partial charge in [0.15, 0.2) is 5.96 Å². The average Bonchev–Trinajstić information content (AvgIpc) is 3.11. The number of carbonyl (C=O) groups is 1. The van der Waals surface area contributed by atoms with Gasteiger partial charge < -0.3 is 24.8 Å². The molecule has 0 aromatic heterocycles. The summed E-state index contributed by atoms with van der Waals surface area (Å²) in [5, 5.41) is 6.64. The minimum Gasteiger partial charge on any atom is -0.497 e. The van der Waals surface area contributed by atoms with Crippen LogP contribution in [0.4, 0.5) is 0 Å². The lowest BCUT2D eigenvalue weighted by molar-refractivity contribution is -0.152. The molecule has 0 spiro atoms. The summed E-state index contributed by atoms with van der Waals surface area (Å²) in [6.45, 7) is 10.9. The van der Waals surface area contributed by atoms with Crippen LogP contribution in [-0.2, 0) is 16.1 Å². The zero-order valence-corrected chi connectivity index (χ0v) is 21.8. The van der Waals surface area contributed by atoms with Gasteiger partial charge in [0.05, 0.1) is 14.2 Å². The highest BCUT2D eigenvalue weighted by atomic mass is 127. The molecular formula is C22H37IN4O4. The molecular weight excluding hydrogens is 511 g/mol. The molecule has 1 saturated heterocycles. The van der Waals surface area contributed by atoms with Crippen LogP contribution in [0.25, 0.3) is 0 Å². The average molecular weight is 548 g/mol. The number of aliphatic imine (C=N–C) groups is 1. The Balaban J connectivity index is 0.00000480. The van der Waals surface area contributed by atoms with Crippen LogP contribution in [-0.4, -0.2) is 68.9 Å². The van der Waals surface area contributed by atoms with Crippen LogP contribution in [0.5, 0.6) is 11.5 Å². The van der Waals surface area contributed by atoms with Crippen LogP contribution in [0.2, 0.25) is 0 Å². The third-order valence-electron chi connectivity index (χ3n) is 4.56. The Morgan fingerprint density at radius 2 is 1.84 bits per heavy atom. The number of hydrogen-bond donors (Lipinski definition) is 2. The van der Waals surface area contributed by atoms with Gasteiger partial charge in [0, 0.05) is 38.3 Å². The number of benzene rings is 1. The zero-order valence-electron chi connectivity index (χ0n) is 19.5. The van der Waals surface area contributed by atoms with E-state index in [2.05, 4.69) is 20.5 Å². The number of esters is 1. The monoisotopic (exact) mass is 548 g/mol. The van der Waals surface area contributed by atoms with Gasteiger partial charge in [-0.2, -0.15) is 0 Å². The number of guanidine groups is 1. The predicted molar refractivity (Wildman–Crippen MR) is 134 cm³/mol. The van der Waals surface area contributed by atoms with Crippen LogP contribution < -0.4 is 20.1 Å². The maximum atomic E-state index is 12.0. The summed E-state index contributed by atoms with van der Waals surface area (Å²) < 4.78 is 16.1. The number of carbonyl (C=O) groups excluding carboxylic acids is 1.